The normalized spacial score (nSPS) is 15.2. The van der Waals surface area contributed by atoms with Crippen LogP contribution >= 0.6 is 0 Å². The number of rotatable bonds is 5. The van der Waals surface area contributed by atoms with Gasteiger partial charge >= 0.3 is 5.97 Å². The standard InChI is InChI=1S/C28H37NO2/c1-9-29(21-13-11-20(12-14-21)26(30)31-10-2)25-18-24-22(17-19(25)3)23(27(4,5)6)15-16-28(24,7)8/h11-15,17-18H,9-10,16H2,1-8H3. The SMILES string of the molecule is CCOC(=O)c1ccc(N(CC)c2cc3c(cc2C)C(C(C)(C)C)=CCC3(C)C)cc1. The second-order valence-electron chi connectivity index (χ2n) is 10.2. The summed E-state index contributed by atoms with van der Waals surface area (Å²) in [5.74, 6) is -0.273. The lowest BCUT2D eigenvalue weighted by Crippen LogP contribution is -2.26. The van der Waals surface area contributed by atoms with E-state index in [9.17, 15) is 4.79 Å². The van der Waals surface area contributed by atoms with E-state index < -0.39 is 0 Å². The quantitative estimate of drug-likeness (QED) is 0.472. The van der Waals surface area contributed by atoms with E-state index in [1.807, 2.05) is 31.2 Å². The summed E-state index contributed by atoms with van der Waals surface area (Å²) in [5.41, 5.74) is 8.63. The van der Waals surface area contributed by atoms with Crippen LogP contribution in [0.15, 0.2) is 42.5 Å². The van der Waals surface area contributed by atoms with Gasteiger partial charge in [0.05, 0.1) is 12.2 Å². The van der Waals surface area contributed by atoms with E-state index in [4.69, 9.17) is 4.74 Å². The lowest BCUT2D eigenvalue weighted by molar-refractivity contribution is 0.0526. The summed E-state index contributed by atoms with van der Waals surface area (Å²) in [6.07, 6.45) is 3.49. The molecule has 0 aliphatic heterocycles. The largest absolute Gasteiger partial charge is 0.462 e. The van der Waals surface area contributed by atoms with Crippen LogP contribution < -0.4 is 4.90 Å². The highest BCUT2D eigenvalue weighted by Gasteiger charge is 2.33. The maximum absolute atomic E-state index is 12.0. The van der Waals surface area contributed by atoms with E-state index in [0.29, 0.717) is 12.2 Å². The molecule has 0 atom stereocenters. The van der Waals surface area contributed by atoms with Gasteiger partial charge in [0.15, 0.2) is 0 Å². The van der Waals surface area contributed by atoms with Crippen molar-refractivity contribution >= 4 is 22.9 Å². The summed E-state index contributed by atoms with van der Waals surface area (Å²) in [5, 5.41) is 0. The van der Waals surface area contributed by atoms with Crippen LogP contribution in [0.3, 0.4) is 0 Å². The van der Waals surface area contributed by atoms with Crippen molar-refractivity contribution in [1.29, 1.82) is 0 Å². The topological polar surface area (TPSA) is 29.5 Å². The van der Waals surface area contributed by atoms with Crippen molar-refractivity contribution in [3.63, 3.8) is 0 Å². The second-order valence-corrected chi connectivity index (χ2v) is 10.2. The Morgan fingerprint density at radius 2 is 1.74 bits per heavy atom. The molecule has 1 aliphatic rings. The smallest absolute Gasteiger partial charge is 0.338 e. The molecule has 0 fully saturated rings. The van der Waals surface area contributed by atoms with Crippen molar-refractivity contribution in [3.05, 3.63) is 64.7 Å². The van der Waals surface area contributed by atoms with Crippen molar-refractivity contribution in [1.82, 2.24) is 0 Å². The summed E-state index contributed by atoms with van der Waals surface area (Å²) >= 11 is 0. The first-order valence-corrected chi connectivity index (χ1v) is 11.4. The van der Waals surface area contributed by atoms with Gasteiger partial charge in [-0.1, -0.05) is 40.7 Å². The summed E-state index contributed by atoms with van der Waals surface area (Å²) in [6, 6.07) is 12.5. The third-order valence-corrected chi connectivity index (χ3v) is 6.28. The van der Waals surface area contributed by atoms with Gasteiger partial charge in [-0.25, -0.2) is 4.79 Å². The monoisotopic (exact) mass is 419 g/mol. The third-order valence-electron chi connectivity index (χ3n) is 6.28. The van der Waals surface area contributed by atoms with Crippen LogP contribution in [0.4, 0.5) is 11.4 Å². The van der Waals surface area contributed by atoms with E-state index in [0.717, 1.165) is 18.7 Å². The molecule has 166 valence electrons. The average Bonchev–Trinajstić information content (AvgIpc) is 2.69. The minimum Gasteiger partial charge on any atom is -0.462 e. The fourth-order valence-electron chi connectivity index (χ4n) is 4.54. The van der Waals surface area contributed by atoms with E-state index in [1.54, 1.807) is 0 Å². The summed E-state index contributed by atoms with van der Waals surface area (Å²) < 4.78 is 5.12. The van der Waals surface area contributed by atoms with Crippen LogP contribution in [-0.4, -0.2) is 19.1 Å². The summed E-state index contributed by atoms with van der Waals surface area (Å²) in [7, 11) is 0. The number of fused-ring (bicyclic) bond motifs is 1. The molecule has 0 heterocycles. The Kier molecular flexibility index (Phi) is 6.36. The number of carbonyl (C=O) groups excluding carboxylic acids is 1. The number of allylic oxidation sites excluding steroid dienone is 2. The number of hydrogen-bond donors (Lipinski definition) is 0. The molecular formula is C28H37NO2. The Balaban J connectivity index is 2.06. The van der Waals surface area contributed by atoms with E-state index in [-0.39, 0.29) is 16.8 Å². The molecule has 3 heteroatoms. The van der Waals surface area contributed by atoms with Crippen molar-refractivity contribution in [2.45, 2.75) is 67.2 Å². The van der Waals surface area contributed by atoms with Crippen LogP contribution in [-0.2, 0) is 10.2 Å². The molecule has 0 aromatic heterocycles. The molecule has 0 N–H and O–H groups in total. The zero-order chi connectivity index (χ0) is 23.0. The Labute approximate surface area is 188 Å². The van der Waals surface area contributed by atoms with Crippen LogP contribution in [0.2, 0.25) is 0 Å². The molecule has 2 aromatic carbocycles. The molecule has 0 spiro atoms. The van der Waals surface area contributed by atoms with Gasteiger partial charge in [0, 0.05) is 17.9 Å². The maximum Gasteiger partial charge on any atom is 0.338 e. The van der Waals surface area contributed by atoms with Gasteiger partial charge in [0.1, 0.15) is 0 Å². The highest BCUT2D eigenvalue weighted by atomic mass is 16.5. The van der Waals surface area contributed by atoms with Crippen LogP contribution in [0.5, 0.6) is 0 Å². The lowest BCUT2D eigenvalue weighted by atomic mass is 9.68. The van der Waals surface area contributed by atoms with Gasteiger partial charge in [-0.15, -0.1) is 0 Å². The molecule has 0 saturated heterocycles. The molecule has 0 unspecified atom stereocenters. The number of benzene rings is 2. The van der Waals surface area contributed by atoms with Crippen molar-refractivity contribution in [3.8, 4) is 0 Å². The second kappa shape index (κ2) is 8.53. The Morgan fingerprint density at radius 1 is 1.10 bits per heavy atom. The van der Waals surface area contributed by atoms with Gasteiger partial charge in [-0.05, 0) is 96.7 Å². The van der Waals surface area contributed by atoms with E-state index in [1.165, 1.54) is 28.0 Å². The molecule has 0 bridgehead atoms. The average molecular weight is 420 g/mol. The van der Waals surface area contributed by atoms with E-state index >= 15 is 0 Å². The Morgan fingerprint density at radius 3 is 2.29 bits per heavy atom. The molecule has 3 nitrogen and oxygen atoms in total. The number of anilines is 2. The van der Waals surface area contributed by atoms with Gasteiger partial charge in [0.25, 0.3) is 0 Å². The van der Waals surface area contributed by atoms with Crippen LogP contribution in [0.25, 0.3) is 5.57 Å². The molecule has 2 aromatic rings. The van der Waals surface area contributed by atoms with Gasteiger partial charge in [-0.3, -0.25) is 0 Å². The zero-order valence-electron chi connectivity index (χ0n) is 20.4. The van der Waals surface area contributed by atoms with Crippen LogP contribution in [0.1, 0.15) is 81.9 Å². The first-order valence-electron chi connectivity index (χ1n) is 11.4. The molecular weight excluding hydrogens is 382 g/mol. The fraction of sp³-hybridized carbons (Fsp3) is 0.464. The molecule has 1 aliphatic carbocycles. The first-order chi connectivity index (χ1) is 14.5. The first kappa shape index (κ1) is 23.1. The Bertz CT molecular complexity index is 991. The number of ether oxygens (including phenoxy) is 1. The molecule has 0 amide bonds. The number of carbonyl (C=O) groups is 1. The molecule has 0 saturated carbocycles. The minimum absolute atomic E-state index is 0.0969. The van der Waals surface area contributed by atoms with Gasteiger partial charge in [0.2, 0.25) is 0 Å². The highest BCUT2D eigenvalue weighted by molar-refractivity contribution is 5.90. The third kappa shape index (κ3) is 4.56. The highest BCUT2D eigenvalue weighted by Crippen LogP contribution is 2.47. The zero-order valence-corrected chi connectivity index (χ0v) is 20.4. The number of aryl methyl sites for hydroxylation is 1. The fourth-order valence-corrected chi connectivity index (χ4v) is 4.54. The number of esters is 1. The van der Waals surface area contributed by atoms with Crippen molar-refractivity contribution in [2.24, 2.45) is 5.41 Å². The maximum atomic E-state index is 12.0. The van der Waals surface area contributed by atoms with Crippen LogP contribution in [0, 0.1) is 12.3 Å². The molecule has 0 radical (unpaired) electrons. The minimum atomic E-state index is -0.273. The van der Waals surface area contributed by atoms with Crippen molar-refractivity contribution < 1.29 is 9.53 Å². The predicted molar refractivity (Wildman–Crippen MR) is 131 cm³/mol. The molecule has 31 heavy (non-hydrogen) atoms. The summed E-state index contributed by atoms with van der Waals surface area (Å²) in [4.78, 5) is 14.4. The molecule has 3 rings (SSSR count). The summed E-state index contributed by atoms with van der Waals surface area (Å²) in [6.45, 7) is 19.0. The Hall–Kier alpha value is -2.55. The number of nitrogens with zero attached hydrogens (tertiary/aromatic N) is 1. The van der Waals surface area contributed by atoms with Gasteiger partial charge < -0.3 is 9.64 Å². The lowest BCUT2D eigenvalue weighted by Gasteiger charge is -2.38. The number of hydrogen-bond acceptors (Lipinski definition) is 3. The van der Waals surface area contributed by atoms with Crippen molar-refractivity contribution in [2.75, 3.05) is 18.1 Å². The van der Waals surface area contributed by atoms with Gasteiger partial charge in [-0.2, -0.15) is 0 Å². The van der Waals surface area contributed by atoms with E-state index in [2.05, 4.69) is 71.6 Å². The predicted octanol–water partition coefficient (Wildman–Crippen LogP) is 7.44.